The molecule has 1 saturated heterocycles. The van der Waals surface area contributed by atoms with Gasteiger partial charge in [0.2, 0.25) is 0 Å². The first-order chi connectivity index (χ1) is 8.37. The standard InChI is InChI=1S/C16H14O/c1-3-9-15-11-5-6-12-16(15)10-4-2-8-14(16)17-13(15)7-1/h1-8,11-12H,9-10H2. The molecule has 1 heteroatoms. The maximum atomic E-state index is 6.12. The first-order valence-corrected chi connectivity index (χ1v) is 6.17. The van der Waals surface area contributed by atoms with Crippen molar-refractivity contribution in [3.8, 4) is 0 Å². The fourth-order valence-electron chi connectivity index (χ4n) is 3.53. The van der Waals surface area contributed by atoms with Crippen LogP contribution in [0.25, 0.3) is 0 Å². The minimum absolute atomic E-state index is 0.0209. The minimum atomic E-state index is 0.0209. The van der Waals surface area contributed by atoms with Crippen LogP contribution < -0.4 is 0 Å². The van der Waals surface area contributed by atoms with Gasteiger partial charge in [0.15, 0.2) is 0 Å². The molecule has 2 atom stereocenters. The van der Waals surface area contributed by atoms with Gasteiger partial charge in [-0.2, -0.15) is 0 Å². The van der Waals surface area contributed by atoms with Crippen molar-refractivity contribution in [3.05, 3.63) is 72.3 Å². The van der Waals surface area contributed by atoms with Gasteiger partial charge < -0.3 is 4.74 Å². The van der Waals surface area contributed by atoms with E-state index in [2.05, 4.69) is 60.8 Å². The number of hydrogen-bond acceptors (Lipinski definition) is 1. The third-order valence-electron chi connectivity index (χ3n) is 4.41. The van der Waals surface area contributed by atoms with Crippen LogP contribution in [0.2, 0.25) is 0 Å². The average Bonchev–Trinajstić information content (AvgIpc) is 2.69. The Morgan fingerprint density at radius 3 is 1.82 bits per heavy atom. The van der Waals surface area contributed by atoms with Crippen molar-refractivity contribution in [2.24, 2.45) is 10.8 Å². The van der Waals surface area contributed by atoms with Crippen molar-refractivity contribution in [1.29, 1.82) is 0 Å². The predicted molar refractivity (Wildman–Crippen MR) is 67.9 cm³/mol. The monoisotopic (exact) mass is 222 g/mol. The van der Waals surface area contributed by atoms with Crippen molar-refractivity contribution in [1.82, 2.24) is 0 Å². The Morgan fingerprint density at radius 1 is 0.765 bits per heavy atom. The lowest BCUT2D eigenvalue weighted by molar-refractivity contribution is 0.256. The van der Waals surface area contributed by atoms with Gasteiger partial charge in [-0.3, -0.25) is 0 Å². The summed E-state index contributed by atoms with van der Waals surface area (Å²) >= 11 is 0. The van der Waals surface area contributed by atoms with Gasteiger partial charge in [-0.05, 0) is 25.0 Å². The van der Waals surface area contributed by atoms with E-state index in [0.29, 0.717) is 0 Å². The second-order valence-corrected chi connectivity index (χ2v) is 5.09. The third-order valence-corrected chi connectivity index (χ3v) is 4.41. The molecule has 0 N–H and O–H groups in total. The van der Waals surface area contributed by atoms with E-state index in [1.54, 1.807) is 0 Å². The Hall–Kier alpha value is -1.76. The first-order valence-electron chi connectivity index (χ1n) is 6.17. The smallest absolute Gasteiger partial charge is 0.115 e. The molecule has 0 saturated carbocycles. The van der Waals surface area contributed by atoms with Crippen LogP contribution in [0.15, 0.2) is 72.3 Å². The Kier molecular flexibility index (Phi) is 1.60. The summed E-state index contributed by atoms with van der Waals surface area (Å²) < 4.78 is 6.12. The van der Waals surface area contributed by atoms with Gasteiger partial charge >= 0.3 is 0 Å². The Labute approximate surface area is 101 Å². The zero-order valence-electron chi connectivity index (χ0n) is 9.60. The number of hydrogen-bond donors (Lipinski definition) is 0. The summed E-state index contributed by atoms with van der Waals surface area (Å²) in [7, 11) is 0. The second-order valence-electron chi connectivity index (χ2n) is 5.09. The van der Waals surface area contributed by atoms with Gasteiger partial charge in [-0.15, -0.1) is 0 Å². The summed E-state index contributed by atoms with van der Waals surface area (Å²) in [5, 5.41) is 0. The highest BCUT2D eigenvalue weighted by Crippen LogP contribution is 2.65. The molecule has 0 amide bonds. The van der Waals surface area contributed by atoms with Crippen molar-refractivity contribution in [3.63, 3.8) is 0 Å². The number of ether oxygens (including phenoxy) is 1. The lowest BCUT2D eigenvalue weighted by Crippen LogP contribution is -2.38. The minimum Gasteiger partial charge on any atom is -0.464 e. The lowest BCUT2D eigenvalue weighted by Gasteiger charge is -2.42. The topological polar surface area (TPSA) is 9.23 Å². The molecule has 4 rings (SSSR count). The lowest BCUT2D eigenvalue weighted by atomic mass is 9.56. The molecule has 0 bridgehead atoms. The number of rotatable bonds is 0. The molecular formula is C16H14O. The number of allylic oxidation sites excluding steroid dienone is 10. The van der Waals surface area contributed by atoms with E-state index in [-0.39, 0.29) is 10.8 Å². The molecule has 0 aromatic rings. The van der Waals surface area contributed by atoms with E-state index in [4.69, 9.17) is 4.74 Å². The molecule has 4 aliphatic rings. The molecule has 0 aromatic carbocycles. The van der Waals surface area contributed by atoms with Gasteiger partial charge in [0, 0.05) is 0 Å². The molecule has 84 valence electrons. The molecule has 2 spiro atoms. The zero-order chi connectivity index (χ0) is 11.3. The highest BCUT2D eigenvalue weighted by Gasteiger charge is 2.60. The van der Waals surface area contributed by atoms with Crippen LogP contribution in [-0.2, 0) is 4.74 Å². The zero-order valence-corrected chi connectivity index (χ0v) is 9.60. The summed E-state index contributed by atoms with van der Waals surface area (Å²) in [6.45, 7) is 0. The maximum Gasteiger partial charge on any atom is 0.115 e. The molecule has 0 radical (unpaired) electrons. The normalized spacial score (nSPS) is 40.0. The molecule has 0 aromatic heterocycles. The molecule has 3 aliphatic carbocycles. The van der Waals surface area contributed by atoms with Crippen LogP contribution in [-0.4, -0.2) is 0 Å². The fraction of sp³-hybridized carbons (Fsp3) is 0.250. The maximum absolute atomic E-state index is 6.12. The van der Waals surface area contributed by atoms with Crippen molar-refractivity contribution < 1.29 is 4.74 Å². The molecule has 1 heterocycles. The SMILES string of the molecule is C1=CCC23C=CC=CC24CC=CC=C4OC3=C1. The van der Waals surface area contributed by atoms with E-state index in [1.807, 2.05) is 0 Å². The highest BCUT2D eigenvalue weighted by atomic mass is 16.5. The van der Waals surface area contributed by atoms with Crippen LogP contribution in [0, 0.1) is 10.8 Å². The summed E-state index contributed by atoms with van der Waals surface area (Å²) in [5.74, 6) is 2.21. The second kappa shape index (κ2) is 2.92. The largest absolute Gasteiger partial charge is 0.464 e. The highest BCUT2D eigenvalue weighted by molar-refractivity contribution is 5.50. The van der Waals surface area contributed by atoms with Crippen LogP contribution in [0.1, 0.15) is 12.8 Å². The van der Waals surface area contributed by atoms with Crippen molar-refractivity contribution in [2.75, 3.05) is 0 Å². The molecule has 1 fully saturated rings. The van der Waals surface area contributed by atoms with Gasteiger partial charge in [0.1, 0.15) is 11.5 Å². The van der Waals surface area contributed by atoms with Crippen molar-refractivity contribution >= 4 is 0 Å². The fourth-order valence-corrected chi connectivity index (χ4v) is 3.53. The van der Waals surface area contributed by atoms with Gasteiger partial charge in [0.05, 0.1) is 10.8 Å². The Bertz CT molecular complexity index is 506. The van der Waals surface area contributed by atoms with Crippen LogP contribution in [0.5, 0.6) is 0 Å². The van der Waals surface area contributed by atoms with Crippen molar-refractivity contribution in [2.45, 2.75) is 12.8 Å². The van der Waals surface area contributed by atoms with E-state index >= 15 is 0 Å². The third kappa shape index (κ3) is 0.917. The quantitative estimate of drug-likeness (QED) is 0.605. The van der Waals surface area contributed by atoms with E-state index in [1.165, 1.54) is 0 Å². The van der Waals surface area contributed by atoms with Gasteiger partial charge in [0.25, 0.3) is 0 Å². The summed E-state index contributed by atoms with van der Waals surface area (Å²) in [5.41, 5.74) is 0.0419. The average molecular weight is 222 g/mol. The molecule has 2 unspecified atom stereocenters. The van der Waals surface area contributed by atoms with Gasteiger partial charge in [-0.1, -0.05) is 48.6 Å². The molecular weight excluding hydrogens is 208 g/mol. The molecule has 1 aliphatic heterocycles. The summed E-state index contributed by atoms with van der Waals surface area (Å²) in [6, 6.07) is 0. The van der Waals surface area contributed by atoms with Crippen LogP contribution in [0.4, 0.5) is 0 Å². The Balaban J connectivity index is 2.00. The van der Waals surface area contributed by atoms with E-state index < -0.39 is 0 Å². The van der Waals surface area contributed by atoms with E-state index in [9.17, 15) is 0 Å². The van der Waals surface area contributed by atoms with E-state index in [0.717, 1.165) is 24.4 Å². The predicted octanol–water partition coefficient (Wildman–Crippen LogP) is 3.80. The molecule has 1 nitrogen and oxygen atoms in total. The van der Waals surface area contributed by atoms with Gasteiger partial charge in [-0.25, -0.2) is 0 Å². The van der Waals surface area contributed by atoms with Crippen LogP contribution in [0.3, 0.4) is 0 Å². The summed E-state index contributed by atoms with van der Waals surface area (Å²) in [4.78, 5) is 0. The Morgan fingerprint density at radius 2 is 1.29 bits per heavy atom. The molecule has 17 heavy (non-hydrogen) atoms. The summed E-state index contributed by atoms with van der Waals surface area (Å²) in [6.07, 6.45) is 24.0. The first kappa shape index (κ1) is 9.29. The van der Waals surface area contributed by atoms with Crippen LogP contribution >= 0.6 is 0 Å².